The molecule has 1 aromatic rings. The van der Waals surface area contributed by atoms with E-state index in [0.29, 0.717) is 24.2 Å². The number of likely N-dealkylation sites (tertiary alicyclic amines) is 1. The van der Waals surface area contributed by atoms with Crippen LogP contribution in [-0.2, 0) is 11.8 Å². The van der Waals surface area contributed by atoms with Crippen LogP contribution in [0.1, 0.15) is 24.1 Å². The van der Waals surface area contributed by atoms with Crippen LogP contribution in [0.2, 0.25) is 5.15 Å². The van der Waals surface area contributed by atoms with Gasteiger partial charge in [0.15, 0.2) is 0 Å². The largest absolute Gasteiger partial charge is 0.386 e. The molecule has 1 aliphatic heterocycles. The molecule has 0 bridgehead atoms. The van der Waals surface area contributed by atoms with Crippen molar-refractivity contribution >= 4 is 23.6 Å². The molecule has 6 heteroatoms. The molecule has 1 aliphatic carbocycles. The smallest absolute Gasteiger partial charge is 0.246 e. The van der Waals surface area contributed by atoms with E-state index in [2.05, 4.69) is 5.10 Å². The summed E-state index contributed by atoms with van der Waals surface area (Å²) in [6.45, 7) is 2.74. The first-order valence-electron chi connectivity index (χ1n) is 6.79. The quantitative estimate of drug-likeness (QED) is 0.857. The molecule has 2 aliphatic rings. The molecule has 5 nitrogen and oxygen atoms in total. The molecule has 0 spiro atoms. The average molecular weight is 296 g/mol. The van der Waals surface area contributed by atoms with Crippen molar-refractivity contribution in [1.82, 2.24) is 14.7 Å². The number of nitrogens with zero attached hydrogens (tertiary/aromatic N) is 3. The molecule has 0 radical (unpaired) electrons. The molecule has 1 amide bonds. The molecule has 1 saturated heterocycles. The second-order valence-corrected chi connectivity index (χ2v) is 6.18. The Kier molecular flexibility index (Phi) is 3.14. The van der Waals surface area contributed by atoms with Crippen LogP contribution in [0.5, 0.6) is 0 Å². The Labute approximate surface area is 122 Å². The van der Waals surface area contributed by atoms with E-state index in [-0.39, 0.29) is 5.91 Å². The lowest BCUT2D eigenvalue weighted by Gasteiger charge is -2.46. The van der Waals surface area contributed by atoms with Gasteiger partial charge >= 0.3 is 0 Å². The van der Waals surface area contributed by atoms with Gasteiger partial charge in [0, 0.05) is 18.7 Å². The number of β-amino-alcohol motifs (C(OH)–C–C–N with tert-alkyl or cyclic N) is 1. The molecule has 1 N–H and O–H groups in total. The van der Waals surface area contributed by atoms with E-state index in [4.69, 9.17) is 11.6 Å². The van der Waals surface area contributed by atoms with Crippen LogP contribution in [-0.4, -0.2) is 44.4 Å². The molecular formula is C14H18ClN3O2. The van der Waals surface area contributed by atoms with Crippen LogP contribution in [0.15, 0.2) is 6.08 Å². The maximum absolute atomic E-state index is 12.0. The van der Waals surface area contributed by atoms with Gasteiger partial charge < -0.3 is 10.0 Å². The molecule has 0 aromatic carbocycles. The predicted molar refractivity (Wildman–Crippen MR) is 76.2 cm³/mol. The third kappa shape index (κ3) is 2.25. The van der Waals surface area contributed by atoms with E-state index >= 15 is 0 Å². The summed E-state index contributed by atoms with van der Waals surface area (Å²) >= 11 is 6.10. The summed E-state index contributed by atoms with van der Waals surface area (Å²) in [4.78, 5) is 13.7. The third-order valence-electron chi connectivity index (χ3n) is 4.17. The molecule has 1 saturated carbocycles. The van der Waals surface area contributed by atoms with Gasteiger partial charge in [-0.25, -0.2) is 0 Å². The summed E-state index contributed by atoms with van der Waals surface area (Å²) in [5, 5.41) is 14.9. The van der Waals surface area contributed by atoms with Gasteiger partial charge in [-0.15, -0.1) is 0 Å². The van der Waals surface area contributed by atoms with Crippen molar-refractivity contribution in [1.29, 1.82) is 0 Å². The first kappa shape index (κ1) is 13.6. The van der Waals surface area contributed by atoms with E-state index in [1.54, 1.807) is 22.7 Å². The summed E-state index contributed by atoms with van der Waals surface area (Å²) in [5.41, 5.74) is 0.922. The van der Waals surface area contributed by atoms with Gasteiger partial charge in [0.2, 0.25) is 5.91 Å². The van der Waals surface area contributed by atoms with Crippen molar-refractivity contribution in [3.63, 3.8) is 0 Å². The minimum Gasteiger partial charge on any atom is -0.386 e. The van der Waals surface area contributed by atoms with Crippen molar-refractivity contribution in [3.8, 4) is 0 Å². The fraction of sp³-hybridized carbons (Fsp3) is 0.571. The molecule has 0 atom stereocenters. The third-order valence-corrected chi connectivity index (χ3v) is 4.62. The van der Waals surface area contributed by atoms with E-state index < -0.39 is 5.60 Å². The van der Waals surface area contributed by atoms with Gasteiger partial charge in [-0.05, 0) is 31.8 Å². The maximum Gasteiger partial charge on any atom is 0.246 e. The summed E-state index contributed by atoms with van der Waals surface area (Å²) in [6.07, 6.45) is 5.36. The fourth-order valence-electron chi connectivity index (χ4n) is 2.75. The van der Waals surface area contributed by atoms with Crippen LogP contribution >= 0.6 is 11.6 Å². The summed E-state index contributed by atoms with van der Waals surface area (Å²) in [7, 11) is 1.76. The Morgan fingerprint density at radius 2 is 2.15 bits per heavy atom. The number of aromatic nitrogens is 2. The second kappa shape index (κ2) is 4.60. The highest BCUT2D eigenvalue weighted by Crippen LogP contribution is 2.44. The molecule has 20 heavy (non-hydrogen) atoms. The minimum absolute atomic E-state index is 0.0883. The van der Waals surface area contributed by atoms with Crippen molar-refractivity contribution in [3.05, 3.63) is 22.5 Å². The van der Waals surface area contributed by atoms with E-state index in [1.165, 1.54) is 6.08 Å². The Balaban J connectivity index is 1.63. The SMILES string of the molecule is Cc1nn(C)c(Cl)c1C=CC(=O)N1CC(O)(C2CC2)C1. The average Bonchev–Trinajstić information content (AvgIpc) is 3.15. The lowest BCUT2D eigenvalue weighted by molar-refractivity contribution is -0.154. The van der Waals surface area contributed by atoms with Gasteiger partial charge in [0.25, 0.3) is 0 Å². The molecule has 3 rings (SSSR count). The zero-order valence-corrected chi connectivity index (χ0v) is 12.4. The number of aryl methyl sites for hydroxylation is 2. The Hall–Kier alpha value is -1.33. The summed E-state index contributed by atoms with van der Waals surface area (Å²) < 4.78 is 1.58. The van der Waals surface area contributed by atoms with Crippen molar-refractivity contribution < 1.29 is 9.90 Å². The highest BCUT2D eigenvalue weighted by atomic mass is 35.5. The Bertz CT molecular complexity index is 583. The van der Waals surface area contributed by atoms with Gasteiger partial charge in [-0.3, -0.25) is 9.48 Å². The van der Waals surface area contributed by atoms with Crippen LogP contribution in [0, 0.1) is 12.8 Å². The number of aliphatic hydroxyl groups is 1. The molecule has 1 aromatic heterocycles. The first-order chi connectivity index (χ1) is 9.40. The van der Waals surface area contributed by atoms with Gasteiger partial charge in [0.1, 0.15) is 10.8 Å². The first-order valence-corrected chi connectivity index (χ1v) is 7.17. The number of rotatable bonds is 3. The van der Waals surface area contributed by atoms with Crippen LogP contribution in [0.25, 0.3) is 6.08 Å². The lowest BCUT2D eigenvalue weighted by atomic mass is 9.88. The maximum atomic E-state index is 12.0. The van der Waals surface area contributed by atoms with Gasteiger partial charge in [-0.1, -0.05) is 11.6 Å². The zero-order chi connectivity index (χ0) is 14.5. The standard InChI is InChI=1S/C14H18ClN3O2/c1-9-11(13(15)17(2)16-9)5-6-12(19)18-7-14(20,8-18)10-3-4-10/h5-6,10,20H,3-4,7-8H2,1-2H3. The van der Waals surface area contributed by atoms with Crippen molar-refractivity contribution in [2.45, 2.75) is 25.4 Å². The van der Waals surface area contributed by atoms with Gasteiger partial charge in [-0.2, -0.15) is 5.10 Å². The molecular weight excluding hydrogens is 278 g/mol. The van der Waals surface area contributed by atoms with E-state index in [9.17, 15) is 9.90 Å². The minimum atomic E-state index is -0.634. The zero-order valence-electron chi connectivity index (χ0n) is 11.6. The molecule has 2 fully saturated rings. The predicted octanol–water partition coefficient (Wildman–Crippen LogP) is 1.38. The number of amides is 1. The molecule has 108 valence electrons. The topological polar surface area (TPSA) is 58.4 Å². The number of carbonyl (C=O) groups excluding carboxylic acids is 1. The number of halogens is 1. The van der Waals surface area contributed by atoms with E-state index in [1.807, 2.05) is 6.92 Å². The van der Waals surface area contributed by atoms with Crippen molar-refractivity contribution in [2.24, 2.45) is 13.0 Å². The number of hydrogen-bond donors (Lipinski definition) is 1. The number of hydrogen-bond acceptors (Lipinski definition) is 3. The number of carbonyl (C=O) groups is 1. The fourth-order valence-corrected chi connectivity index (χ4v) is 2.98. The monoisotopic (exact) mass is 295 g/mol. The van der Waals surface area contributed by atoms with Crippen LogP contribution in [0.4, 0.5) is 0 Å². The Morgan fingerprint density at radius 3 is 2.65 bits per heavy atom. The normalized spacial score (nSPS) is 21.3. The van der Waals surface area contributed by atoms with E-state index in [0.717, 1.165) is 24.1 Å². The van der Waals surface area contributed by atoms with Crippen LogP contribution < -0.4 is 0 Å². The second-order valence-electron chi connectivity index (χ2n) is 5.82. The highest BCUT2D eigenvalue weighted by molar-refractivity contribution is 6.31. The molecule has 2 heterocycles. The summed E-state index contributed by atoms with van der Waals surface area (Å²) in [6, 6.07) is 0. The van der Waals surface area contributed by atoms with Gasteiger partial charge in [0.05, 0.1) is 18.8 Å². The van der Waals surface area contributed by atoms with Crippen LogP contribution in [0.3, 0.4) is 0 Å². The lowest BCUT2D eigenvalue weighted by Crippen LogP contribution is -2.64. The van der Waals surface area contributed by atoms with Crippen molar-refractivity contribution in [2.75, 3.05) is 13.1 Å². The molecule has 0 unspecified atom stereocenters. The Morgan fingerprint density at radius 1 is 1.50 bits per heavy atom. The highest BCUT2D eigenvalue weighted by Gasteiger charge is 2.52. The summed E-state index contributed by atoms with van der Waals surface area (Å²) in [5.74, 6) is 0.306.